The largest absolute Gasteiger partial charge is 0.504 e. The maximum atomic E-state index is 10.8. The van der Waals surface area contributed by atoms with Crippen molar-refractivity contribution in [2.45, 2.75) is 6.42 Å². The van der Waals surface area contributed by atoms with Gasteiger partial charge in [-0.1, -0.05) is 6.07 Å². The van der Waals surface area contributed by atoms with Crippen molar-refractivity contribution in [2.24, 2.45) is 0 Å². The molecule has 6 heteroatoms. The van der Waals surface area contributed by atoms with Crippen LogP contribution in [0.3, 0.4) is 0 Å². The number of benzene rings is 1. The van der Waals surface area contributed by atoms with Crippen LogP contribution in [0.2, 0.25) is 0 Å². The topological polar surface area (TPSA) is 115 Å². The third-order valence-electron chi connectivity index (χ3n) is 1.80. The number of hydrogen-bond donors (Lipinski definition) is 4. The molecule has 0 spiro atoms. The summed E-state index contributed by atoms with van der Waals surface area (Å²) in [5.74, 6) is -4.74. The molecule has 0 fully saturated rings. The van der Waals surface area contributed by atoms with Gasteiger partial charge in [-0.05, 0) is 6.07 Å². The molecule has 0 aromatic heterocycles. The highest BCUT2D eigenvalue weighted by molar-refractivity contribution is 6.33. The van der Waals surface area contributed by atoms with E-state index in [2.05, 4.69) is 0 Å². The average molecular weight is 212 g/mol. The van der Waals surface area contributed by atoms with Crippen molar-refractivity contribution in [1.82, 2.24) is 0 Å². The SMILES string of the molecule is O=C(O)C(=O)Cc1ccc(O)c(O)c1O. The molecule has 6 nitrogen and oxygen atoms in total. The second-order valence-corrected chi connectivity index (χ2v) is 2.85. The molecule has 0 unspecified atom stereocenters. The first-order valence-corrected chi connectivity index (χ1v) is 3.92. The molecule has 4 N–H and O–H groups in total. The predicted octanol–water partition coefficient (Wildman–Crippen LogP) is -0.000400. The fourth-order valence-corrected chi connectivity index (χ4v) is 1.00. The van der Waals surface area contributed by atoms with E-state index in [1.807, 2.05) is 0 Å². The molecule has 0 heterocycles. The Morgan fingerprint density at radius 2 is 1.67 bits per heavy atom. The van der Waals surface area contributed by atoms with E-state index in [-0.39, 0.29) is 5.56 Å². The van der Waals surface area contributed by atoms with Gasteiger partial charge in [0, 0.05) is 12.0 Å². The number of ketones is 1. The monoisotopic (exact) mass is 212 g/mol. The van der Waals surface area contributed by atoms with Crippen LogP contribution in [0.1, 0.15) is 5.56 Å². The van der Waals surface area contributed by atoms with Crippen molar-refractivity contribution in [1.29, 1.82) is 0 Å². The lowest BCUT2D eigenvalue weighted by Gasteiger charge is -2.05. The minimum absolute atomic E-state index is 0.0577. The third-order valence-corrected chi connectivity index (χ3v) is 1.80. The van der Waals surface area contributed by atoms with Crippen LogP contribution in [0.5, 0.6) is 17.2 Å². The van der Waals surface area contributed by atoms with E-state index in [0.717, 1.165) is 12.1 Å². The summed E-state index contributed by atoms with van der Waals surface area (Å²) >= 11 is 0. The molecule has 0 aliphatic rings. The lowest BCUT2D eigenvalue weighted by molar-refractivity contribution is -0.148. The summed E-state index contributed by atoms with van der Waals surface area (Å²) in [6.45, 7) is 0. The second kappa shape index (κ2) is 3.87. The van der Waals surface area contributed by atoms with Crippen LogP contribution < -0.4 is 0 Å². The zero-order chi connectivity index (χ0) is 11.6. The molecular weight excluding hydrogens is 204 g/mol. The molecule has 0 aliphatic heterocycles. The Balaban J connectivity index is 3.02. The maximum Gasteiger partial charge on any atom is 0.372 e. The molecule has 15 heavy (non-hydrogen) atoms. The Labute approximate surface area is 84.0 Å². The summed E-state index contributed by atoms with van der Waals surface area (Å²) in [4.78, 5) is 21.0. The smallest absolute Gasteiger partial charge is 0.372 e. The van der Waals surface area contributed by atoms with E-state index in [4.69, 9.17) is 15.3 Å². The van der Waals surface area contributed by atoms with Gasteiger partial charge < -0.3 is 20.4 Å². The highest BCUT2D eigenvalue weighted by Crippen LogP contribution is 2.37. The van der Waals surface area contributed by atoms with E-state index >= 15 is 0 Å². The number of aliphatic carboxylic acids is 1. The molecule has 1 aromatic rings. The van der Waals surface area contributed by atoms with Crippen LogP contribution in [0.4, 0.5) is 0 Å². The van der Waals surface area contributed by atoms with Crippen molar-refractivity contribution < 1.29 is 30.0 Å². The average Bonchev–Trinajstić information content (AvgIpc) is 2.18. The summed E-state index contributed by atoms with van der Waals surface area (Å²) in [5, 5.41) is 35.6. The van der Waals surface area contributed by atoms with Crippen molar-refractivity contribution in [2.75, 3.05) is 0 Å². The van der Waals surface area contributed by atoms with Gasteiger partial charge in [-0.3, -0.25) is 4.79 Å². The van der Waals surface area contributed by atoms with Crippen LogP contribution in [-0.4, -0.2) is 32.2 Å². The van der Waals surface area contributed by atoms with E-state index in [9.17, 15) is 14.7 Å². The molecule has 0 radical (unpaired) electrons. The molecule has 1 aromatic carbocycles. The van der Waals surface area contributed by atoms with Crippen LogP contribution in [0.15, 0.2) is 12.1 Å². The molecule has 80 valence electrons. The summed E-state index contributed by atoms with van der Waals surface area (Å²) in [6, 6.07) is 2.21. The number of phenolic OH excluding ortho intramolecular Hbond substituents is 3. The maximum absolute atomic E-state index is 10.8. The van der Waals surface area contributed by atoms with Gasteiger partial charge in [-0.2, -0.15) is 0 Å². The molecule has 0 atom stereocenters. The number of phenols is 3. The molecule has 0 saturated heterocycles. The van der Waals surface area contributed by atoms with Crippen molar-refractivity contribution >= 4 is 11.8 Å². The van der Waals surface area contributed by atoms with Gasteiger partial charge >= 0.3 is 5.97 Å². The summed E-state index contributed by atoms with van der Waals surface area (Å²) in [7, 11) is 0. The Kier molecular flexibility index (Phi) is 2.80. The molecule has 0 aliphatic carbocycles. The fourth-order valence-electron chi connectivity index (χ4n) is 1.00. The minimum atomic E-state index is -1.62. The van der Waals surface area contributed by atoms with Gasteiger partial charge in [-0.25, -0.2) is 4.79 Å². The molecular formula is C9H8O6. The predicted molar refractivity (Wildman–Crippen MR) is 47.8 cm³/mol. The number of carbonyl (C=O) groups is 2. The number of hydrogen-bond acceptors (Lipinski definition) is 5. The number of Topliss-reactive ketones (excluding diaryl/α,β-unsaturated/α-hetero) is 1. The normalized spacial score (nSPS) is 9.87. The van der Waals surface area contributed by atoms with E-state index in [0.29, 0.717) is 0 Å². The standard InChI is InChI=1S/C9H8O6/c10-5-2-1-4(7(12)8(5)13)3-6(11)9(14)15/h1-2,10,12-13H,3H2,(H,14,15). The van der Waals surface area contributed by atoms with Gasteiger partial charge in [0.25, 0.3) is 0 Å². The van der Waals surface area contributed by atoms with Crippen molar-refractivity contribution in [3.8, 4) is 17.2 Å². The Bertz CT molecular complexity index is 423. The zero-order valence-corrected chi connectivity index (χ0v) is 7.47. The van der Waals surface area contributed by atoms with Gasteiger partial charge in [0.15, 0.2) is 11.5 Å². The zero-order valence-electron chi connectivity index (χ0n) is 7.47. The first kappa shape index (κ1) is 10.8. The highest BCUT2D eigenvalue weighted by atomic mass is 16.4. The van der Waals surface area contributed by atoms with E-state index in [1.165, 1.54) is 0 Å². The number of rotatable bonds is 3. The lowest BCUT2D eigenvalue weighted by atomic mass is 10.1. The Hall–Kier alpha value is -2.24. The Morgan fingerprint density at radius 3 is 2.20 bits per heavy atom. The number of carbonyl (C=O) groups excluding carboxylic acids is 1. The second-order valence-electron chi connectivity index (χ2n) is 2.85. The quantitative estimate of drug-likeness (QED) is 0.414. The third kappa shape index (κ3) is 2.16. The highest BCUT2D eigenvalue weighted by Gasteiger charge is 2.17. The number of carboxylic acids is 1. The van der Waals surface area contributed by atoms with E-state index < -0.39 is 35.4 Å². The molecule has 0 bridgehead atoms. The first-order valence-electron chi connectivity index (χ1n) is 3.92. The van der Waals surface area contributed by atoms with Crippen molar-refractivity contribution in [3.05, 3.63) is 17.7 Å². The summed E-state index contributed by atoms with van der Waals surface area (Å²) < 4.78 is 0. The fraction of sp³-hybridized carbons (Fsp3) is 0.111. The molecule has 0 amide bonds. The molecule has 0 saturated carbocycles. The van der Waals surface area contributed by atoms with Crippen molar-refractivity contribution in [3.63, 3.8) is 0 Å². The minimum Gasteiger partial charge on any atom is -0.504 e. The molecule has 1 rings (SSSR count). The van der Waals surface area contributed by atoms with Crippen LogP contribution in [0, 0.1) is 0 Å². The first-order chi connectivity index (χ1) is 6.93. The van der Waals surface area contributed by atoms with Gasteiger partial charge in [-0.15, -0.1) is 0 Å². The van der Waals surface area contributed by atoms with Crippen LogP contribution >= 0.6 is 0 Å². The van der Waals surface area contributed by atoms with Crippen LogP contribution in [-0.2, 0) is 16.0 Å². The summed E-state index contributed by atoms with van der Waals surface area (Å²) in [5.41, 5.74) is -0.0577. The van der Waals surface area contributed by atoms with E-state index in [1.54, 1.807) is 0 Å². The number of carboxylic acid groups (broad SMARTS) is 1. The number of aromatic hydroxyl groups is 3. The van der Waals surface area contributed by atoms with Gasteiger partial charge in [0.05, 0.1) is 0 Å². The lowest BCUT2D eigenvalue weighted by Crippen LogP contribution is -2.15. The Morgan fingerprint density at radius 1 is 1.07 bits per heavy atom. The van der Waals surface area contributed by atoms with Crippen LogP contribution in [0.25, 0.3) is 0 Å². The summed E-state index contributed by atoms with van der Waals surface area (Å²) in [6.07, 6.45) is -0.547. The van der Waals surface area contributed by atoms with Gasteiger partial charge in [0.1, 0.15) is 0 Å². The van der Waals surface area contributed by atoms with Gasteiger partial charge in [0.2, 0.25) is 11.5 Å².